The zero-order chi connectivity index (χ0) is 21.3. The zero-order valence-corrected chi connectivity index (χ0v) is 17.2. The Kier molecular flexibility index (Phi) is 5.42. The van der Waals surface area contributed by atoms with Crippen molar-refractivity contribution in [2.24, 2.45) is 0 Å². The lowest BCUT2D eigenvalue weighted by molar-refractivity contribution is -0.115. The van der Waals surface area contributed by atoms with E-state index in [2.05, 4.69) is 5.32 Å². The minimum atomic E-state index is -3.27. The maximum atomic E-state index is 12.6. The topological polar surface area (TPSA) is 101 Å². The minimum Gasteiger partial charge on any atom is -0.326 e. The SMILES string of the molecule is O=C(CCS(=O)(=O)C1CCCC1)Nc1cccc(N2C(=O)c3ccccc3C2=O)c1. The molecule has 30 heavy (non-hydrogen) atoms. The summed E-state index contributed by atoms with van der Waals surface area (Å²) in [5, 5.41) is 2.34. The van der Waals surface area contributed by atoms with E-state index in [4.69, 9.17) is 0 Å². The molecule has 0 spiro atoms. The standard InChI is InChI=1S/C22H22N2O5S/c25-20(12-13-30(28,29)17-8-1-2-9-17)23-15-6-5-7-16(14-15)24-21(26)18-10-3-4-11-19(18)22(24)27/h3-7,10-11,14,17H,1-2,8-9,12-13H2,(H,23,25). The summed E-state index contributed by atoms with van der Waals surface area (Å²) < 4.78 is 24.7. The average Bonchev–Trinajstić information content (AvgIpc) is 3.36. The Morgan fingerprint density at radius 2 is 1.60 bits per heavy atom. The summed E-state index contributed by atoms with van der Waals surface area (Å²) in [6.07, 6.45) is 3.05. The fourth-order valence-electron chi connectivity index (χ4n) is 4.02. The largest absolute Gasteiger partial charge is 0.326 e. The van der Waals surface area contributed by atoms with Crippen LogP contribution in [-0.2, 0) is 14.6 Å². The van der Waals surface area contributed by atoms with E-state index in [1.165, 1.54) is 6.07 Å². The number of carbonyl (C=O) groups is 3. The van der Waals surface area contributed by atoms with E-state index < -0.39 is 27.6 Å². The number of anilines is 2. The smallest absolute Gasteiger partial charge is 0.266 e. The highest BCUT2D eigenvalue weighted by Crippen LogP contribution is 2.30. The number of benzene rings is 2. The predicted octanol–water partition coefficient (Wildman–Crippen LogP) is 3.17. The number of imide groups is 1. The molecule has 0 aromatic heterocycles. The molecular formula is C22H22N2O5S. The normalized spacial score (nSPS) is 16.7. The molecule has 0 bridgehead atoms. The van der Waals surface area contributed by atoms with Crippen LogP contribution in [0.2, 0.25) is 0 Å². The zero-order valence-electron chi connectivity index (χ0n) is 16.3. The third-order valence-corrected chi connectivity index (χ3v) is 7.87. The number of hydrogen-bond acceptors (Lipinski definition) is 5. The summed E-state index contributed by atoms with van der Waals surface area (Å²) in [7, 11) is -3.27. The van der Waals surface area contributed by atoms with Crippen molar-refractivity contribution in [1.82, 2.24) is 0 Å². The Morgan fingerprint density at radius 1 is 0.967 bits per heavy atom. The molecule has 156 valence electrons. The molecule has 1 aliphatic heterocycles. The molecule has 8 heteroatoms. The van der Waals surface area contributed by atoms with Gasteiger partial charge in [-0.05, 0) is 43.2 Å². The van der Waals surface area contributed by atoms with Crippen molar-refractivity contribution in [2.75, 3.05) is 16.0 Å². The first-order valence-corrected chi connectivity index (χ1v) is 11.7. The molecule has 1 saturated carbocycles. The first-order chi connectivity index (χ1) is 14.4. The van der Waals surface area contributed by atoms with Crippen molar-refractivity contribution in [3.05, 3.63) is 59.7 Å². The number of hydrogen-bond donors (Lipinski definition) is 1. The quantitative estimate of drug-likeness (QED) is 0.715. The number of carbonyl (C=O) groups excluding carboxylic acids is 3. The van der Waals surface area contributed by atoms with Crippen LogP contribution in [0.5, 0.6) is 0 Å². The molecule has 1 fully saturated rings. The molecule has 0 unspecified atom stereocenters. The average molecular weight is 426 g/mol. The highest BCUT2D eigenvalue weighted by Gasteiger charge is 2.36. The molecule has 1 aliphatic carbocycles. The van der Waals surface area contributed by atoms with E-state index in [1.807, 2.05) is 0 Å². The lowest BCUT2D eigenvalue weighted by atomic mass is 10.1. The number of amides is 3. The van der Waals surface area contributed by atoms with E-state index in [0.717, 1.165) is 17.7 Å². The van der Waals surface area contributed by atoms with Gasteiger partial charge in [-0.2, -0.15) is 0 Å². The molecule has 2 aromatic carbocycles. The molecule has 0 atom stereocenters. The second-order valence-corrected chi connectivity index (χ2v) is 10.0. The van der Waals surface area contributed by atoms with Crippen LogP contribution in [0.25, 0.3) is 0 Å². The second kappa shape index (κ2) is 8.02. The summed E-state index contributed by atoms with van der Waals surface area (Å²) >= 11 is 0. The van der Waals surface area contributed by atoms with Gasteiger partial charge in [-0.15, -0.1) is 0 Å². The molecule has 0 saturated heterocycles. The van der Waals surface area contributed by atoms with Gasteiger partial charge >= 0.3 is 0 Å². The van der Waals surface area contributed by atoms with Gasteiger partial charge in [-0.25, -0.2) is 13.3 Å². The van der Waals surface area contributed by atoms with Crippen LogP contribution in [0.4, 0.5) is 11.4 Å². The van der Waals surface area contributed by atoms with Crippen molar-refractivity contribution in [3.8, 4) is 0 Å². The maximum absolute atomic E-state index is 12.6. The van der Waals surface area contributed by atoms with Crippen molar-refractivity contribution < 1.29 is 22.8 Å². The van der Waals surface area contributed by atoms with E-state index in [9.17, 15) is 22.8 Å². The van der Waals surface area contributed by atoms with Crippen LogP contribution >= 0.6 is 0 Å². The Balaban J connectivity index is 1.43. The lowest BCUT2D eigenvalue weighted by Gasteiger charge is -2.15. The number of rotatable bonds is 6. The Labute approximate surface area is 175 Å². The predicted molar refractivity (Wildman–Crippen MR) is 113 cm³/mol. The third-order valence-electron chi connectivity index (χ3n) is 5.61. The lowest BCUT2D eigenvalue weighted by Crippen LogP contribution is -2.29. The van der Waals surface area contributed by atoms with E-state index in [-0.39, 0.29) is 17.4 Å². The molecule has 0 radical (unpaired) electrons. The number of nitrogens with zero attached hydrogens (tertiary/aromatic N) is 1. The Morgan fingerprint density at radius 3 is 2.23 bits per heavy atom. The van der Waals surface area contributed by atoms with E-state index in [1.54, 1.807) is 42.5 Å². The Hall–Kier alpha value is -3.00. The van der Waals surface area contributed by atoms with E-state index in [0.29, 0.717) is 35.3 Å². The first kappa shape index (κ1) is 20.3. The van der Waals surface area contributed by atoms with Crippen molar-refractivity contribution in [1.29, 1.82) is 0 Å². The van der Waals surface area contributed by atoms with Gasteiger partial charge in [0.25, 0.3) is 11.8 Å². The monoisotopic (exact) mass is 426 g/mol. The minimum absolute atomic E-state index is 0.129. The molecule has 4 rings (SSSR count). The van der Waals surface area contributed by atoms with Crippen molar-refractivity contribution >= 4 is 38.9 Å². The van der Waals surface area contributed by atoms with Gasteiger partial charge < -0.3 is 5.32 Å². The highest BCUT2D eigenvalue weighted by atomic mass is 32.2. The van der Waals surface area contributed by atoms with Gasteiger partial charge in [0.05, 0.1) is 27.8 Å². The van der Waals surface area contributed by atoms with Crippen LogP contribution in [0, 0.1) is 0 Å². The molecule has 7 nitrogen and oxygen atoms in total. The van der Waals surface area contributed by atoms with Gasteiger partial charge in [0.2, 0.25) is 5.91 Å². The van der Waals surface area contributed by atoms with Crippen molar-refractivity contribution in [2.45, 2.75) is 37.4 Å². The van der Waals surface area contributed by atoms with Crippen LogP contribution in [0.15, 0.2) is 48.5 Å². The van der Waals surface area contributed by atoms with Crippen LogP contribution in [0.1, 0.15) is 52.8 Å². The number of nitrogens with one attached hydrogen (secondary N) is 1. The summed E-state index contributed by atoms with van der Waals surface area (Å²) in [5.41, 5.74) is 1.42. The van der Waals surface area contributed by atoms with Crippen LogP contribution < -0.4 is 10.2 Å². The summed E-state index contributed by atoms with van der Waals surface area (Å²) in [6.45, 7) is 0. The fourth-order valence-corrected chi connectivity index (χ4v) is 5.87. The van der Waals surface area contributed by atoms with Crippen LogP contribution in [0.3, 0.4) is 0 Å². The van der Waals surface area contributed by atoms with E-state index >= 15 is 0 Å². The maximum Gasteiger partial charge on any atom is 0.266 e. The summed E-state index contributed by atoms with van der Waals surface area (Å²) in [5.74, 6) is -1.43. The van der Waals surface area contributed by atoms with Gasteiger partial charge in [0, 0.05) is 12.1 Å². The molecule has 1 N–H and O–H groups in total. The van der Waals surface area contributed by atoms with Crippen LogP contribution in [-0.4, -0.2) is 37.1 Å². The molecular weight excluding hydrogens is 404 g/mol. The molecule has 2 aromatic rings. The Bertz CT molecular complexity index is 1080. The summed E-state index contributed by atoms with van der Waals surface area (Å²) in [6, 6.07) is 13.0. The van der Waals surface area contributed by atoms with Gasteiger partial charge in [0.1, 0.15) is 0 Å². The third kappa shape index (κ3) is 3.87. The molecule has 2 aliphatic rings. The number of sulfone groups is 1. The molecule has 1 heterocycles. The highest BCUT2D eigenvalue weighted by molar-refractivity contribution is 7.92. The summed E-state index contributed by atoms with van der Waals surface area (Å²) in [4.78, 5) is 38.6. The van der Waals surface area contributed by atoms with Gasteiger partial charge in [-0.1, -0.05) is 31.0 Å². The van der Waals surface area contributed by atoms with Crippen molar-refractivity contribution in [3.63, 3.8) is 0 Å². The molecule has 3 amide bonds. The van der Waals surface area contributed by atoms with Gasteiger partial charge in [0.15, 0.2) is 9.84 Å². The number of fused-ring (bicyclic) bond motifs is 1. The second-order valence-electron chi connectivity index (χ2n) is 7.61. The van der Waals surface area contributed by atoms with Gasteiger partial charge in [-0.3, -0.25) is 14.4 Å². The fraction of sp³-hybridized carbons (Fsp3) is 0.318. The first-order valence-electron chi connectivity index (χ1n) is 9.96.